The maximum atomic E-state index is 12.8. The molecular formula is C25H35N5O. The van der Waals surface area contributed by atoms with Crippen LogP contribution < -0.4 is 15.1 Å². The molecule has 2 saturated heterocycles. The zero-order chi connectivity index (χ0) is 22.0. The molecule has 0 saturated carbocycles. The van der Waals surface area contributed by atoms with Gasteiger partial charge >= 0.3 is 6.03 Å². The predicted molar refractivity (Wildman–Crippen MR) is 129 cm³/mol. The second kappa shape index (κ2) is 9.18. The van der Waals surface area contributed by atoms with Crippen molar-refractivity contribution in [3.63, 3.8) is 0 Å². The number of hydrogen-bond acceptors (Lipinski definition) is 4. The Morgan fingerprint density at radius 3 is 2.26 bits per heavy atom. The van der Waals surface area contributed by atoms with Crippen molar-refractivity contribution < 1.29 is 4.79 Å². The molecular weight excluding hydrogens is 386 g/mol. The molecule has 1 atom stereocenters. The quantitative estimate of drug-likeness (QED) is 0.816. The van der Waals surface area contributed by atoms with Gasteiger partial charge in [0.25, 0.3) is 0 Å². The lowest BCUT2D eigenvalue weighted by Gasteiger charge is -2.36. The Balaban J connectivity index is 1.29. The SMILES string of the molecule is Cc1ccc(N2CCN(C(=O)Nc3ccc(N4CCC(N(C)C)C4)cc3)CC2)c(C)c1. The van der Waals surface area contributed by atoms with Crippen LogP contribution in [0.5, 0.6) is 0 Å². The number of nitrogens with one attached hydrogen (secondary N) is 1. The molecule has 6 heteroatoms. The third-order valence-corrected chi connectivity index (χ3v) is 6.64. The molecule has 0 spiro atoms. The van der Waals surface area contributed by atoms with Gasteiger partial charge in [0.2, 0.25) is 0 Å². The van der Waals surface area contributed by atoms with Gasteiger partial charge < -0.3 is 24.9 Å². The highest BCUT2D eigenvalue weighted by atomic mass is 16.2. The number of benzene rings is 2. The number of carbonyl (C=O) groups is 1. The number of anilines is 3. The van der Waals surface area contributed by atoms with Gasteiger partial charge in [0.1, 0.15) is 0 Å². The molecule has 31 heavy (non-hydrogen) atoms. The van der Waals surface area contributed by atoms with Crippen LogP contribution in [-0.2, 0) is 0 Å². The van der Waals surface area contributed by atoms with Crippen LogP contribution in [0.2, 0.25) is 0 Å². The van der Waals surface area contributed by atoms with Crippen molar-refractivity contribution in [2.75, 3.05) is 68.5 Å². The molecule has 2 amide bonds. The van der Waals surface area contributed by atoms with Crippen molar-refractivity contribution in [3.8, 4) is 0 Å². The van der Waals surface area contributed by atoms with E-state index in [-0.39, 0.29) is 6.03 Å². The molecule has 0 aliphatic carbocycles. The highest BCUT2D eigenvalue weighted by Gasteiger charge is 2.25. The van der Waals surface area contributed by atoms with Crippen LogP contribution in [0.3, 0.4) is 0 Å². The molecule has 2 fully saturated rings. The van der Waals surface area contributed by atoms with Crippen LogP contribution in [0.1, 0.15) is 17.5 Å². The van der Waals surface area contributed by atoms with E-state index in [2.05, 4.69) is 78.3 Å². The largest absolute Gasteiger partial charge is 0.370 e. The van der Waals surface area contributed by atoms with Crippen molar-refractivity contribution in [1.29, 1.82) is 0 Å². The molecule has 0 radical (unpaired) electrons. The number of amides is 2. The molecule has 1 unspecified atom stereocenters. The number of aryl methyl sites for hydroxylation is 2. The fourth-order valence-electron chi connectivity index (χ4n) is 4.67. The summed E-state index contributed by atoms with van der Waals surface area (Å²) in [6, 6.07) is 15.4. The number of urea groups is 1. The van der Waals surface area contributed by atoms with Gasteiger partial charge in [-0.2, -0.15) is 0 Å². The summed E-state index contributed by atoms with van der Waals surface area (Å²) in [5, 5.41) is 3.07. The van der Waals surface area contributed by atoms with E-state index < -0.39 is 0 Å². The minimum absolute atomic E-state index is 0.0122. The first-order valence-corrected chi connectivity index (χ1v) is 11.3. The lowest BCUT2D eigenvalue weighted by atomic mass is 10.1. The van der Waals surface area contributed by atoms with Gasteiger partial charge in [0.15, 0.2) is 0 Å². The van der Waals surface area contributed by atoms with E-state index in [4.69, 9.17) is 0 Å². The van der Waals surface area contributed by atoms with Gasteiger partial charge in [-0.1, -0.05) is 17.7 Å². The van der Waals surface area contributed by atoms with Crippen LogP contribution in [0.4, 0.5) is 21.9 Å². The molecule has 0 aromatic heterocycles. The first-order valence-electron chi connectivity index (χ1n) is 11.3. The Morgan fingerprint density at radius 1 is 0.935 bits per heavy atom. The van der Waals surface area contributed by atoms with Crippen LogP contribution in [0, 0.1) is 13.8 Å². The maximum absolute atomic E-state index is 12.8. The van der Waals surface area contributed by atoms with E-state index in [0.717, 1.165) is 45.0 Å². The average Bonchev–Trinajstić information content (AvgIpc) is 3.25. The molecule has 2 aromatic rings. The van der Waals surface area contributed by atoms with E-state index in [1.54, 1.807) is 0 Å². The molecule has 2 aromatic carbocycles. The summed E-state index contributed by atoms with van der Waals surface area (Å²) in [5.74, 6) is 0. The second-order valence-electron chi connectivity index (χ2n) is 9.09. The summed E-state index contributed by atoms with van der Waals surface area (Å²) in [7, 11) is 4.29. The number of rotatable bonds is 4. The summed E-state index contributed by atoms with van der Waals surface area (Å²) < 4.78 is 0. The van der Waals surface area contributed by atoms with Crippen molar-refractivity contribution >= 4 is 23.1 Å². The highest BCUT2D eigenvalue weighted by molar-refractivity contribution is 5.89. The molecule has 1 N–H and O–H groups in total. The van der Waals surface area contributed by atoms with Gasteiger partial charge in [-0.3, -0.25) is 0 Å². The predicted octanol–water partition coefficient (Wildman–Crippen LogP) is 3.80. The van der Waals surface area contributed by atoms with Gasteiger partial charge in [0.05, 0.1) is 0 Å². The van der Waals surface area contributed by atoms with Crippen LogP contribution in [0.25, 0.3) is 0 Å². The Kier molecular flexibility index (Phi) is 6.37. The Labute approximate surface area is 186 Å². The standard InChI is InChI=1S/C25H35N5O/c1-19-5-10-24(20(2)17-19)28-13-15-29(16-14-28)25(31)26-21-6-8-22(9-7-21)30-12-11-23(18-30)27(3)4/h5-10,17,23H,11-16,18H2,1-4H3,(H,26,31). The lowest BCUT2D eigenvalue weighted by Crippen LogP contribution is -2.50. The monoisotopic (exact) mass is 421 g/mol. The van der Waals surface area contributed by atoms with Crippen molar-refractivity contribution in [1.82, 2.24) is 9.80 Å². The summed E-state index contributed by atoms with van der Waals surface area (Å²) in [5.41, 5.74) is 5.94. The van der Waals surface area contributed by atoms with Gasteiger partial charge in [0, 0.05) is 62.4 Å². The molecule has 2 aliphatic rings. The number of likely N-dealkylation sites (N-methyl/N-ethyl adjacent to an activating group) is 1. The molecule has 4 rings (SSSR count). The van der Waals surface area contributed by atoms with E-state index >= 15 is 0 Å². The normalized spacial score (nSPS) is 19.3. The smallest absolute Gasteiger partial charge is 0.321 e. The van der Waals surface area contributed by atoms with E-state index in [1.807, 2.05) is 17.0 Å². The van der Waals surface area contributed by atoms with Crippen molar-refractivity contribution in [2.24, 2.45) is 0 Å². The number of hydrogen-bond donors (Lipinski definition) is 1. The van der Waals surface area contributed by atoms with E-state index in [1.165, 1.54) is 28.9 Å². The van der Waals surface area contributed by atoms with E-state index in [0.29, 0.717) is 6.04 Å². The zero-order valence-corrected chi connectivity index (χ0v) is 19.3. The summed E-state index contributed by atoms with van der Waals surface area (Å²) in [6.45, 7) is 9.61. The van der Waals surface area contributed by atoms with Crippen LogP contribution in [-0.4, -0.2) is 75.2 Å². The number of nitrogens with zero attached hydrogens (tertiary/aromatic N) is 4. The minimum Gasteiger partial charge on any atom is -0.370 e. The minimum atomic E-state index is -0.0122. The number of carbonyl (C=O) groups excluding carboxylic acids is 1. The van der Waals surface area contributed by atoms with Crippen LogP contribution >= 0.6 is 0 Å². The molecule has 166 valence electrons. The van der Waals surface area contributed by atoms with Gasteiger partial charge in [-0.25, -0.2) is 4.79 Å². The van der Waals surface area contributed by atoms with Crippen LogP contribution in [0.15, 0.2) is 42.5 Å². The first-order chi connectivity index (χ1) is 14.9. The zero-order valence-electron chi connectivity index (χ0n) is 19.3. The maximum Gasteiger partial charge on any atom is 0.321 e. The topological polar surface area (TPSA) is 42.1 Å². The first kappa shape index (κ1) is 21.5. The Hall–Kier alpha value is -2.73. The highest BCUT2D eigenvalue weighted by Crippen LogP contribution is 2.25. The third-order valence-electron chi connectivity index (χ3n) is 6.64. The Morgan fingerprint density at radius 2 is 1.65 bits per heavy atom. The van der Waals surface area contributed by atoms with Crippen molar-refractivity contribution in [3.05, 3.63) is 53.6 Å². The summed E-state index contributed by atoms with van der Waals surface area (Å²) in [6.07, 6.45) is 1.19. The molecule has 6 nitrogen and oxygen atoms in total. The fraction of sp³-hybridized carbons (Fsp3) is 0.480. The number of piperazine rings is 1. The molecule has 2 aliphatic heterocycles. The lowest BCUT2D eigenvalue weighted by molar-refractivity contribution is 0.208. The molecule has 2 heterocycles. The van der Waals surface area contributed by atoms with Crippen molar-refractivity contribution in [2.45, 2.75) is 26.3 Å². The van der Waals surface area contributed by atoms with Gasteiger partial charge in [-0.15, -0.1) is 0 Å². The van der Waals surface area contributed by atoms with Gasteiger partial charge in [-0.05, 0) is 70.3 Å². The molecule has 0 bridgehead atoms. The summed E-state index contributed by atoms with van der Waals surface area (Å²) in [4.78, 5) is 21.8. The average molecular weight is 422 g/mol. The summed E-state index contributed by atoms with van der Waals surface area (Å²) >= 11 is 0. The van der Waals surface area contributed by atoms with E-state index in [9.17, 15) is 4.79 Å². The Bertz CT molecular complexity index is 903. The third kappa shape index (κ3) is 4.96. The second-order valence-corrected chi connectivity index (χ2v) is 9.09. The fourth-order valence-corrected chi connectivity index (χ4v) is 4.67.